The molecule has 0 bridgehead atoms. The molecule has 5 heteroatoms. The normalized spacial score (nSPS) is 15.1. The zero-order chi connectivity index (χ0) is 17.4. The molecule has 0 unspecified atom stereocenters. The predicted octanol–water partition coefficient (Wildman–Crippen LogP) is 5.26. The molecule has 1 aliphatic carbocycles. The van der Waals surface area contributed by atoms with Crippen LogP contribution in [0.2, 0.25) is 0 Å². The van der Waals surface area contributed by atoms with Gasteiger partial charge in [0.1, 0.15) is 11.2 Å². The maximum atomic E-state index is 12.4. The number of rotatable bonds is 4. The average molecular weight is 401 g/mol. The van der Waals surface area contributed by atoms with Gasteiger partial charge in [0.15, 0.2) is 12.4 Å². The van der Waals surface area contributed by atoms with Crippen molar-refractivity contribution in [3.63, 3.8) is 0 Å². The molecule has 0 amide bonds. The molecule has 0 radical (unpaired) electrons. The Labute approximate surface area is 153 Å². The Bertz CT molecular complexity index is 966. The molecule has 2 aromatic carbocycles. The summed E-state index contributed by atoms with van der Waals surface area (Å²) in [5.41, 5.74) is 1.91. The monoisotopic (exact) mass is 400 g/mol. The number of ketones is 1. The summed E-state index contributed by atoms with van der Waals surface area (Å²) in [6.45, 7) is -0.216. The number of hydrogen-bond acceptors (Lipinski definition) is 4. The molecule has 128 valence electrons. The van der Waals surface area contributed by atoms with E-state index in [9.17, 15) is 9.59 Å². The van der Waals surface area contributed by atoms with Gasteiger partial charge in [0, 0.05) is 20.8 Å². The second-order valence-corrected chi connectivity index (χ2v) is 7.38. The van der Waals surface area contributed by atoms with Crippen molar-refractivity contribution in [3.05, 3.63) is 46.4 Å². The molecule has 1 saturated carbocycles. The molecule has 1 heterocycles. The highest BCUT2D eigenvalue weighted by Gasteiger charge is 2.24. The fourth-order valence-electron chi connectivity index (χ4n) is 3.42. The molecule has 0 atom stereocenters. The highest BCUT2D eigenvalue weighted by Crippen LogP contribution is 2.31. The Morgan fingerprint density at radius 3 is 2.48 bits per heavy atom. The van der Waals surface area contributed by atoms with Crippen LogP contribution in [0.4, 0.5) is 0 Å². The first-order valence-corrected chi connectivity index (χ1v) is 9.23. The van der Waals surface area contributed by atoms with Gasteiger partial charge in [-0.25, -0.2) is 0 Å². The van der Waals surface area contributed by atoms with Crippen LogP contribution in [0, 0.1) is 5.92 Å². The molecule has 0 saturated heterocycles. The third kappa shape index (κ3) is 3.21. The van der Waals surface area contributed by atoms with Gasteiger partial charge in [-0.05, 0) is 43.2 Å². The molecule has 1 aromatic heterocycles. The van der Waals surface area contributed by atoms with Crippen LogP contribution in [-0.2, 0) is 9.53 Å². The summed E-state index contributed by atoms with van der Waals surface area (Å²) in [5, 5.41) is 1.96. The topological polar surface area (TPSA) is 56.5 Å². The zero-order valence-corrected chi connectivity index (χ0v) is 15.2. The van der Waals surface area contributed by atoms with Crippen LogP contribution in [0.1, 0.15) is 36.0 Å². The fraction of sp³-hybridized carbons (Fsp3) is 0.300. The van der Waals surface area contributed by atoms with Crippen LogP contribution >= 0.6 is 15.9 Å². The second-order valence-electron chi connectivity index (χ2n) is 6.47. The van der Waals surface area contributed by atoms with E-state index in [1.807, 2.05) is 24.3 Å². The third-order valence-corrected chi connectivity index (χ3v) is 5.28. The summed E-state index contributed by atoms with van der Waals surface area (Å²) < 4.78 is 12.0. The summed E-state index contributed by atoms with van der Waals surface area (Å²) in [6.07, 6.45) is 3.86. The van der Waals surface area contributed by atoms with Gasteiger partial charge in [-0.15, -0.1) is 0 Å². The predicted molar refractivity (Wildman–Crippen MR) is 98.7 cm³/mol. The smallest absolute Gasteiger partial charge is 0.309 e. The first kappa shape index (κ1) is 16.3. The summed E-state index contributed by atoms with van der Waals surface area (Å²) in [7, 11) is 0. The fourth-order valence-corrected chi connectivity index (χ4v) is 3.76. The van der Waals surface area contributed by atoms with E-state index < -0.39 is 0 Å². The van der Waals surface area contributed by atoms with Gasteiger partial charge >= 0.3 is 5.97 Å². The molecule has 3 aromatic rings. The number of benzene rings is 2. The quantitative estimate of drug-likeness (QED) is 0.442. The number of esters is 1. The Kier molecular flexibility index (Phi) is 4.34. The Balaban J connectivity index is 1.53. The van der Waals surface area contributed by atoms with Crippen molar-refractivity contribution in [1.29, 1.82) is 0 Å². The van der Waals surface area contributed by atoms with Gasteiger partial charge in [-0.2, -0.15) is 0 Å². The minimum atomic E-state index is -0.250. The van der Waals surface area contributed by atoms with E-state index in [0.717, 1.165) is 46.5 Å². The molecular weight excluding hydrogens is 384 g/mol. The van der Waals surface area contributed by atoms with Crippen LogP contribution in [0.15, 0.2) is 45.3 Å². The van der Waals surface area contributed by atoms with E-state index in [1.54, 1.807) is 12.1 Å². The van der Waals surface area contributed by atoms with Crippen molar-refractivity contribution in [2.24, 2.45) is 5.92 Å². The van der Waals surface area contributed by atoms with Crippen molar-refractivity contribution in [1.82, 2.24) is 0 Å². The van der Waals surface area contributed by atoms with Gasteiger partial charge in [0.05, 0.1) is 5.92 Å². The van der Waals surface area contributed by atoms with Gasteiger partial charge in [-0.1, -0.05) is 34.8 Å². The third-order valence-electron chi connectivity index (χ3n) is 4.79. The summed E-state index contributed by atoms with van der Waals surface area (Å²) >= 11 is 3.43. The molecular formula is C20H17BrO4. The first-order chi connectivity index (χ1) is 12.1. The maximum absolute atomic E-state index is 12.4. The molecule has 4 rings (SSSR count). The van der Waals surface area contributed by atoms with E-state index >= 15 is 0 Å². The van der Waals surface area contributed by atoms with E-state index in [0.29, 0.717) is 11.1 Å². The highest BCUT2D eigenvalue weighted by atomic mass is 79.9. The Morgan fingerprint density at radius 2 is 1.72 bits per heavy atom. The number of Topliss-reactive ketones (excluding diaryl/α,β-unsaturated/α-hetero) is 1. The minimum Gasteiger partial charge on any atom is -0.457 e. The zero-order valence-electron chi connectivity index (χ0n) is 13.6. The minimum absolute atomic E-state index is 0.0379. The van der Waals surface area contributed by atoms with Gasteiger partial charge in [0.25, 0.3) is 0 Å². The number of ether oxygens (including phenoxy) is 1. The van der Waals surface area contributed by atoms with Crippen LogP contribution in [0.3, 0.4) is 0 Å². The number of fused-ring (bicyclic) bond motifs is 3. The second kappa shape index (κ2) is 6.64. The Morgan fingerprint density at radius 1 is 1.04 bits per heavy atom. The number of carbonyl (C=O) groups excluding carboxylic acids is 2. The maximum Gasteiger partial charge on any atom is 0.309 e. The molecule has 0 aliphatic heterocycles. The molecule has 0 spiro atoms. The van der Waals surface area contributed by atoms with Crippen molar-refractivity contribution in [2.75, 3.05) is 6.61 Å². The van der Waals surface area contributed by atoms with E-state index in [-0.39, 0.29) is 24.3 Å². The lowest BCUT2D eigenvalue weighted by Crippen LogP contribution is -2.19. The SMILES string of the molecule is O=C(COC(=O)C1CCCC1)c1ccc2c(c1)oc1cc(Br)ccc12. The van der Waals surface area contributed by atoms with E-state index in [4.69, 9.17) is 9.15 Å². The van der Waals surface area contributed by atoms with Crippen molar-refractivity contribution < 1.29 is 18.7 Å². The molecule has 1 fully saturated rings. The van der Waals surface area contributed by atoms with Crippen molar-refractivity contribution in [2.45, 2.75) is 25.7 Å². The van der Waals surface area contributed by atoms with E-state index in [2.05, 4.69) is 15.9 Å². The highest BCUT2D eigenvalue weighted by molar-refractivity contribution is 9.10. The van der Waals surface area contributed by atoms with Crippen molar-refractivity contribution in [3.8, 4) is 0 Å². The lowest BCUT2D eigenvalue weighted by atomic mass is 10.1. The van der Waals surface area contributed by atoms with Gasteiger partial charge in [0.2, 0.25) is 0 Å². The van der Waals surface area contributed by atoms with Crippen LogP contribution < -0.4 is 0 Å². The number of halogens is 1. The van der Waals surface area contributed by atoms with E-state index in [1.165, 1.54) is 0 Å². The lowest BCUT2D eigenvalue weighted by molar-refractivity contribution is -0.147. The summed E-state index contributed by atoms with van der Waals surface area (Å²) in [5.74, 6) is -0.500. The number of carbonyl (C=O) groups is 2. The molecule has 25 heavy (non-hydrogen) atoms. The average Bonchev–Trinajstić information content (AvgIpc) is 3.25. The van der Waals surface area contributed by atoms with Crippen LogP contribution in [0.5, 0.6) is 0 Å². The first-order valence-electron chi connectivity index (χ1n) is 8.43. The number of furan rings is 1. The van der Waals surface area contributed by atoms with Gasteiger partial charge < -0.3 is 9.15 Å². The van der Waals surface area contributed by atoms with Gasteiger partial charge in [-0.3, -0.25) is 9.59 Å². The largest absolute Gasteiger partial charge is 0.457 e. The Hall–Kier alpha value is -2.14. The van der Waals surface area contributed by atoms with Crippen molar-refractivity contribution >= 4 is 49.6 Å². The standard InChI is InChI=1S/C20H17BrO4/c21-14-6-8-16-15-7-5-13(9-18(15)25-19(16)10-14)17(22)11-24-20(23)12-3-1-2-4-12/h5-10,12H,1-4,11H2. The molecule has 4 nitrogen and oxygen atoms in total. The van der Waals surface area contributed by atoms with Crippen LogP contribution in [0.25, 0.3) is 21.9 Å². The summed E-state index contributed by atoms with van der Waals surface area (Å²) in [6, 6.07) is 11.2. The lowest BCUT2D eigenvalue weighted by Gasteiger charge is -2.08. The number of hydrogen-bond donors (Lipinski definition) is 0. The summed E-state index contributed by atoms with van der Waals surface area (Å²) in [4.78, 5) is 24.3. The molecule has 1 aliphatic rings. The van der Waals surface area contributed by atoms with Crippen LogP contribution in [-0.4, -0.2) is 18.4 Å². The molecule has 0 N–H and O–H groups in total.